The van der Waals surface area contributed by atoms with Crippen LogP contribution >= 0.6 is 0 Å². The second-order valence-corrected chi connectivity index (χ2v) is 2.90. The van der Waals surface area contributed by atoms with Gasteiger partial charge < -0.3 is 17.2 Å². The Morgan fingerprint density at radius 3 is 0.958 bits per heavy atom. The van der Waals surface area contributed by atoms with Gasteiger partial charge in [0.15, 0.2) is 0 Å². The van der Waals surface area contributed by atoms with Gasteiger partial charge in [0.1, 0.15) is 17.8 Å². The molecule has 0 aliphatic carbocycles. The van der Waals surface area contributed by atoms with Crippen LogP contribution in [0.15, 0.2) is 55.7 Å². The van der Waals surface area contributed by atoms with Crippen molar-refractivity contribution in [3.8, 4) is 0 Å². The maximum atomic E-state index is 9.70. The molecule has 0 spiro atoms. The SMILES string of the molecule is C=CC(N)=O.C=CC(N)=O.C=CC(N)=O.O=C=CC(=C=O)C=C=O. The van der Waals surface area contributed by atoms with Crippen LogP contribution in [0, 0.1) is 0 Å². The topological polar surface area (TPSA) is 180 Å². The molecule has 0 aromatic heterocycles. The molecule has 6 N–H and O–H groups in total. The van der Waals surface area contributed by atoms with Crippen LogP contribution in [-0.4, -0.2) is 35.5 Å². The lowest BCUT2D eigenvalue weighted by Crippen LogP contribution is -2.04. The molecule has 128 valence electrons. The van der Waals surface area contributed by atoms with E-state index in [1.54, 1.807) is 0 Å². The quantitative estimate of drug-likeness (QED) is 0.312. The molecule has 0 aromatic rings. The molecule has 3 amide bonds. The average molecular weight is 335 g/mol. The van der Waals surface area contributed by atoms with Gasteiger partial charge in [-0.05, 0) is 18.2 Å². The van der Waals surface area contributed by atoms with Crippen molar-refractivity contribution in [2.75, 3.05) is 0 Å². The summed E-state index contributed by atoms with van der Waals surface area (Å²) >= 11 is 0. The van der Waals surface area contributed by atoms with Gasteiger partial charge in [0.2, 0.25) is 17.7 Å². The number of nitrogens with two attached hydrogens (primary N) is 3. The molecular weight excluding hydrogens is 318 g/mol. The third kappa shape index (κ3) is 52.0. The fourth-order valence-corrected chi connectivity index (χ4v) is 0.228. The molecule has 0 rings (SSSR count). The number of amides is 3. The predicted octanol–water partition coefficient (Wildman–Crippen LogP) is -1.51. The van der Waals surface area contributed by atoms with E-state index in [1.807, 2.05) is 0 Å². The molecule has 0 aromatic carbocycles. The van der Waals surface area contributed by atoms with E-state index in [-0.39, 0.29) is 5.57 Å². The normalized spacial score (nSPS) is 6.17. The van der Waals surface area contributed by atoms with Gasteiger partial charge in [-0.15, -0.1) is 0 Å². The maximum absolute atomic E-state index is 9.70. The van der Waals surface area contributed by atoms with Crippen LogP contribution in [0.3, 0.4) is 0 Å². The molecule has 0 saturated heterocycles. The summed E-state index contributed by atoms with van der Waals surface area (Å²) in [4.78, 5) is 57.2. The third-order valence-electron chi connectivity index (χ3n) is 1.15. The Morgan fingerprint density at radius 1 is 0.667 bits per heavy atom. The molecule has 0 bridgehead atoms. The van der Waals surface area contributed by atoms with Crippen LogP contribution in [0.5, 0.6) is 0 Å². The van der Waals surface area contributed by atoms with Crippen molar-refractivity contribution >= 4 is 35.5 Å². The van der Waals surface area contributed by atoms with Crippen molar-refractivity contribution in [3.63, 3.8) is 0 Å². The Morgan fingerprint density at radius 2 is 0.875 bits per heavy atom. The molecule has 0 radical (unpaired) electrons. The summed E-state index contributed by atoms with van der Waals surface area (Å²) in [6.07, 6.45) is 4.77. The Hall–Kier alpha value is -4.02. The third-order valence-corrected chi connectivity index (χ3v) is 1.15. The van der Waals surface area contributed by atoms with Gasteiger partial charge in [-0.3, -0.25) is 14.4 Å². The zero-order valence-electron chi connectivity index (χ0n) is 12.7. The van der Waals surface area contributed by atoms with Crippen molar-refractivity contribution < 1.29 is 28.8 Å². The van der Waals surface area contributed by atoms with E-state index in [1.165, 1.54) is 17.8 Å². The largest absolute Gasteiger partial charge is 0.366 e. The first-order valence-corrected chi connectivity index (χ1v) is 5.59. The van der Waals surface area contributed by atoms with Crippen LogP contribution in [-0.2, 0) is 28.8 Å². The van der Waals surface area contributed by atoms with Gasteiger partial charge in [0.05, 0.1) is 5.57 Å². The lowest BCUT2D eigenvalue weighted by atomic mass is 10.3. The van der Waals surface area contributed by atoms with E-state index in [2.05, 4.69) is 36.9 Å². The monoisotopic (exact) mass is 335 g/mol. The standard InChI is InChI=1S/C6H2O3.3C3H5NO/c7-3-1-6(5-9)2-4-8;3*1-2-3(4)5/h1-2H;3*2H,1H2,(H2,4,5). The zero-order valence-corrected chi connectivity index (χ0v) is 12.7. The van der Waals surface area contributed by atoms with Crippen molar-refractivity contribution in [1.82, 2.24) is 0 Å². The summed E-state index contributed by atoms with van der Waals surface area (Å²) in [6.45, 7) is 9.26. The number of primary amides is 3. The minimum atomic E-state index is -0.481. The molecule has 0 heterocycles. The number of carbonyl (C=O) groups excluding carboxylic acids is 6. The Kier molecular flexibility index (Phi) is 28.2. The molecule has 24 heavy (non-hydrogen) atoms. The number of hydrogen-bond acceptors (Lipinski definition) is 6. The Bertz CT molecular complexity index is 540. The minimum absolute atomic E-state index is 0.153. The van der Waals surface area contributed by atoms with Gasteiger partial charge in [-0.1, -0.05) is 19.7 Å². The highest BCUT2D eigenvalue weighted by Gasteiger charge is 1.82. The summed E-state index contributed by atoms with van der Waals surface area (Å²) < 4.78 is 0. The molecule has 9 nitrogen and oxygen atoms in total. The van der Waals surface area contributed by atoms with Crippen molar-refractivity contribution in [1.29, 1.82) is 0 Å². The lowest BCUT2D eigenvalue weighted by molar-refractivity contribution is -0.114. The predicted molar refractivity (Wildman–Crippen MR) is 87.9 cm³/mol. The molecular formula is C15H17N3O6. The van der Waals surface area contributed by atoms with E-state index in [9.17, 15) is 28.8 Å². The van der Waals surface area contributed by atoms with Gasteiger partial charge in [-0.2, -0.15) is 0 Å². The Labute approximate surface area is 138 Å². The van der Waals surface area contributed by atoms with Crippen LogP contribution < -0.4 is 17.2 Å². The fourth-order valence-electron chi connectivity index (χ4n) is 0.228. The van der Waals surface area contributed by atoms with Crippen molar-refractivity contribution in [2.45, 2.75) is 0 Å². The van der Waals surface area contributed by atoms with Crippen molar-refractivity contribution in [2.24, 2.45) is 17.2 Å². The van der Waals surface area contributed by atoms with Gasteiger partial charge in [0.25, 0.3) is 0 Å². The summed E-state index contributed by atoms with van der Waals surface area (Å²) in [6, 6.07) is 0. The number of hydrogen-bond donors (Lipinski definition) is 3. The molecule has 0 aliphatic heterocycles. The lowest BCUT2D eigenvalue weighted by Gasteiger charge is -1.69. The van der Waals surface area contributed by atoms with E-state index in [0.717, 1.165) is 30.4 Å². The summed E-state index contributed by atoms with van der Waals surface area (Å²) in [5, 5.41) is 0. The maximum Gasteiger partial charge on any atom is 0.240 e. The summed E-state index contributed by atoms with van der Waals surface area (Å²) in [5.41, 5.74) is 13.5. The van der Waals surface area contributed by atoms with Crippen LogP contribution in [0.4, 0.5) is 0 Å². The molecule has 9 heteroatoms. The average Bonchev–Trinajstić information content (AvgIpc) is 2.56. The van der Waals surface area contributed by atoms with E-state index in [4.69, 9.17) is 0 Å². The number of carbonyl (C=O) groups is 3. The van der Waals surface area contributed by atoms with Gasteiger partial charge in [-0.25, -0.2) is 14.4 Å². The first kappa shape index (κ1) is 28.2. The van der Waals surface area contributed by atoms with Crippen LogP contribution in [0.1, 0.15) is 0 Å². The highest BCUT2D eigenvalue weighted by molar-refractivity contribution is 5.85. The van der Waals surface area contributed by atoms with E-state index in [0.29, 0.717) is 0 Å². The minimum Gasteiger partial charge on any atom is -0.366 e. The second kappa shape index (κ2) is 24.0. The zero-order chi connectivity index (χ0) is 20.0. The van der Waals surface area contributed by atoms with E-state index < -0.39 is 17.7 Å². The van der Waals surface area contributed by atoms with Crippen molar-refractivity contribution in [3.05, 3.63) is 55.7 Å². The van der Waals surface area contributed by atoms with Gasteiger partial charge in [0, 0.05) is 12.2 Å². The Balaban J connectivity index is -0.000000116. The smallest absolute Gasteiger partial charge is 0.240 e. The number of rotatable bonds is 5. The fraction of sp³-hybridized carbons (Fsp3) is 0. The first-order valence-electron chi connectivity index (χ1n) is 5.59. The second-order valence-electron chi connectivity index (χ2n) is 2.90. The highest BCUT2D eigenvalue weighted by atomic mass is 16.2. The summed E-state index contributed by atoms with van der Waals surface area (Å²) in [5.74, 6) is 2.53. The van der Waals surface area contributed by atoms with Crippen LogP contribution in [0.2, 0.25) is 0 Å². The highest BCUT2D eigenvalue weighted by Crippen LogP contribution is 1.84. The summed E-state index contributed by atoms with van der Waals surface area (Å²) in [7, 11) is 0. The molecule has 0 aliphatic rings. The van der Waals surface area contributed by atoms with Gasteiger partial charge >= 0.3 is 0 Å². The number of allylic oxidation sites excluding steroid dienone is 3. The molecule has 0 unspecified atom stereocenters. The first-order chi connectivity index (χ1) is 11.2. The molecule has 0 atom stereocenters. The molecule has 0 saturated carbocycles. The molecule has 0 fully saturated rings. The van der Waals surface area contributed by atoms with E-state index >= 15 is 0 Å². The van der Waals surface area contributed by atoms with Crippen LogP contribution in [0.25, 0.3) is 0 Å².